The number of halogens is 1. The average molecular weight is 467 g/mol. The van der Waals surface area contributed by atoms with Crippen LogP contribution in [0.15, 0.2) is 48.5 Å². The summed E-state index contributed by atoms with van der Waals surface area (Å²) < 4.78 is 19.4. The summed E-state index contributed by atoms with van der Waals surface area (Å²) in [6.45, 7) is 5.13. The topological polar surface area (TPSA) is 65.1 Å². The van der Waals surface area contributed by atoms with Gasteiger partial charge in [0.05, 0.1) is 31.7 Å². The second kappa shape index (κ2) is 10.1. The molecule has 2 aromatic rings. The van der Waals surface area contributed by atoms with Gasteiger partial charge >= 0.3 is 0 Å². The van der Waals surface area contributed by atoms with E-state index in [0.29, 0.717) is 51.4 Å². The van der Waals surface area contributed by atoms with E-state index in [1.54, 1.807) is 18.2 Å². The summed E-state index contributed by atoms with van der Waals surface area (Å²) in [5, 5.41) is 2.97. The monoisotopic (exact) mass is 466 g/mol. The lowest BCUT2D eigenvalue weighted by Gasteiger charge is -2.49. The standard InChI is InChI=1S/C26H31FN4O3/c27-22-7-3-1-6-20(22)16-28-26(33)21-15-19-5-2-4-8-23(19)31-10-9-29(17-24(21)31)18-25(32)30-11-13-34-14-12-30/h1-8,21,24H,9-18H2,(H,28,33)/t21-,24+/m0/s1. The highest BCUT2D eigenvalue weighted by atomic mass is 19.1. The van der Waals surface area contributed by atoms with Crippen LogP contribution in [0.4, 0.5) is 10.1 Å². The van der Waals surface area contributed by atoms with Gasteiger partial charge in [0.1, 0.15) is 5.82 Å². The van der Waals surface area contributed by atoms with Gasteiger partial charge in [-0.25, -0.2) is 4.39 Å². The Bertz CT molecular complexity index is 1040. The van der Waals surface area contributed by atoms with Crippen molar-refractivity contribution < 1.29 is 18.7 Å². The Balaban J connectivity index is 1.30. The van der Waals surface area contributed by atoms with Crippen molar-refractivity contribution in [2.75, 3.05) is 57.4 Å². The molecule has 180 valence electrons. The number of carbonyl (C=O) groups excluding carboxylic acids is 2. The Morgan fingerprint density at radius 2 is 1.76 bits per heavy atom. The Morgan fingerprint density at radius 1 is 1.00 bits per heavy atom. The number of piperazine rings is 1. The van der Waals surface area contributed by atoms with E-state index in [4.69, 9.17) is 4.74 Å². The fourth-order valence-corrected chi connectivity index (χ4v) is 5.32. The summed E-state index contributed by atoms with van der Waals surface area (Å²) in [4.78, 5) is 32.5. The van der Waals surface area contributed by atoms with Crippen LogP contribution in [0.25, 0.3) is 0 Å². The van der Waals surface area contributed by atoms with E-state index in [0.717, 1.165) is 18.7 Å². The molecule has 34 heavy (non-hydrogen) atoms. The summed E-state index contributed by atoms with van der Waals surface area (Å²) in [5.74, 6) is -0.547. The SMILES string of the molecule is O=C(NCc1ccccc1F)[C@H]1Cc2ccccc2N2CCN(CC(=O)N3CCOCC3)C[C@H]12. The predicted molar refractivity (Wildman–Crippen MR) is 127 cm³/mol. The van der Waals surface area contributed by atoms with Crippen molar-refractivity contribution in [2.24, 2.45) is 5.92 Å². The molecule has 2 atom stereocenters. The van der Waals surface area contributed by atoms with E-state index in [1.165, 1.54) is 11.8 Å². The smallest absolute Gasteiger partial charge is 0.236 e. The van der Waals surface area contributed by atoms with Gasteiger partial charge in [0, 0.05) is 50.5 Å². The molecule has 8 heteroatoms. The maximum absolute atomic E-state index is 14.1. The van der Waals surface area contributed by atoms with Crippen LogP contribution in [-0.2, 0) is 27.3 Å². The van der Waals surface area contributed by atoms with Gasteiger partial charge in [-0.05, 0) is 24.1 Å². The van der Waals surface area contributed by atoms with Gasteiger partial charge in [0.2, 0.25) is 11.8 Å². The van der Waals surface area contributed by atoms with Crippen LogP contribution >= 0.6 is 0 Å². The van der Waals surface area contributed by atoms with Crippen LogP contribution in [0.3, 0.4) is 0 Å². The van der Waals surface area contributed by atoms with E-state index in [2.05, 4.69) is 27.2 Å². The third-order valence-corrected chi connectivity index (χ3v) is 7.18. The highest BCUT2D eigenvalue weighted by Crippen LogP contribution is 2.36. The molecule has 5 rings (SSSR count). The molecule has 0 aromatic heterocycles. The van der Waals surface area contributed by atoms with Crippen molar-refractivity contribution in [1.29, 1.82) is 0 Å². The molecule has 1 N–H and O–H groups in total. The minimum Gasteiger partial charge on any atom is -0.378 e. The molecule has 2 saturated heterocycles. The zero-order valence-electron chi connectivity index (χ0n) is 19.3. The Hall–Kier alpha value is -2.97. The van der Waals surface area contributed by atoms with E-state index in [9.17, 15) is 14.0 Å². The first-order chi connectivity index (χ1) is 16.6. The van der Waals surface area contributed by atoms with Crippen molar-refractivity contribution in [3.8, 4) is 0 Å². The Labute approximate surface area is 199 Å². The number of hydrogen-bond donors (Lipinski definition) is 1. The summed E-state index contributed by atoms with van der Waals surface area (Å²) in [7, 11) is 0. The van der Waals surface area contributed by atoms with Gasteiger partial charge in [0.25, 0.3) is 0 Å². The number of hydrogen-bond acceptors (Lipinski definition) is 5. The zero-order chi connectivity index (χ0) is 23.5. The largest absolute Gasteiger partial charge is 0.378 e. The second-order valence-electron chi connectivity index (χ2n) is 9.24. The molecule has 0 aliphatic carbocycles. The number of nitrogens with zero attached hydrogens (tertiary/aromatic N) is 3. The number of para-hydroxylation sites is 1. The van der Waals surface area contributed by atoms with Gasteiger partial charge < -0.3 is 19.9 Å². The number of morpholine rings is 1. The molecule has 0 radical (unpaired) electrons. The van der Waals surface area contributed by atoms with Crippen LogP contribution < -0.4 is 10.2 Å². The first kappa shape index (κ1) is 22.8. The molecule has 0 bridgehead atoms. The van der Waals surface area contributed by atoms with Crippen molar-refractivity contribution >= 4 is 17.5 Å². The third-order valence-electron chi connectivity index (χ3n) is 7.18. The molecular weight excluding hydrogens is 435 g/mol. The number of rotatable bonds is 5. The number of benzene rings is 2. The first-order valence-electron chi connectivity index (χ1n) is 12.0. The zero-order valence-corrected chi connectivity index (χ0v) is 19.3. The molecule has 3 aliphatic heterocycles. The number of amides is 2. The van der Waals surface area contributed by atoms with E-state index in [1.807, 2.05) is 17.0 Å². The van der Waals surface area contributed by atoms with Gasteiger partial charge in [-0.15, -0.1) is 0 Å². The lowest BCUT2D eigenvalue weighted by molar-refractivity contribution is -0.136. The normalized spacial score (nSPS) is 22.6. The van der Waals surface area contributed by atoms with Crippen LogP contribution in [-0.4, -0.2) is 80.1 Å². The first-order valence-corrected chi connectivity index (χ1v) is 12.0. The number of ether oxygens (including phenoxy) is 1. The van der Waals surface area contributed by atoms with Crippen LogP contribution in [0.5, 0.6) is 0 Å². The molecule has 0 unspecified atom stereocenters. The van der Waals surface area contributed by atoms with Crippen LogP contribution in [0.2, 0.25) is 0 Å². The molecule has 3 aliphatic rings. The van der Waals surface area contributed by atoms with Gasteiger partial charge in [-0.2, -0.15) is 0 Å². The number of carbonyl (C=O) groups is 2. The van der Waals surface area contributed by atoms with Crippen molar-refractivity contribution in [3.63, 3.8) is 0 Å². The molecular formula is C26H31FN4O3. The lowest BCUT2D eigenvalue weighted by atomic mass is 9.83. The second-order valence-corrected chi connectivity index (χ2v) is 9.24. The van der Waals surface area contributed by atoms with Gasteiger partial charge in [0.15, 0.2) is 0 Å². The number of fused-ring (bicyclic) bond motifs is 3. The quantitative estimate of drug-likeness (QED) is 0.726. The van der Waals surface area contributed by atoms with Gasteiger partial charge in [-0.3, -0.25) is 14.5 Å². The fraction of sp³-hybridized carbons (Fsp3) is 0.462. The molecule has 0 saturated carbocycles. The maximum Gasteiger partial charge on any atom is 0.236 e. The minimum atomic E-state index is -0.316. The lowest BCUT2D eigenvalue weighted by Crippen LogP contribution is -2.62. The highest BCUT2D eigenvalue weighted by Gasteiger charge is 2.41. The van der Waals surface area contributed by atoms with Crippen molar-refractivity contribution in [2.45, 2.75) is 19.0 Å². The summed E-state index contributed by atoms with van der Waals surface area (Å²) in [5.41, 5.74) is 2.80. The fourth-order valence-electron chi connectivity index (χ4n) is 5.32. The van der Waals surface area contributed by atoms with Gasteiger partial charge in [-0.1, -0.05) is 36.4 Å². The summed E-state index contributed by atoms with van der Waals surface area (Å²) >= 11 is 0. The summed E-state index contributed by atoms with van der Waals surface area (Å²) in [6.07, 6.45) is 0.631. The van der Waals surface area contributed by atoms with Crippen molar-refractivity contribution in [3.05, 3.63) is 65.5 Å². The number of anilines is 1. The average Bonchev–Trinajstić information content (AvgIpc) is 2.88. The van der Waals surface area contributed by atoms with Crippen LogP contribution in [0.1, 0.15) is 11.1 Å². The molecule has 2 fully saturated rings. The Morgan fingerprint density at radius 3 is 2.59 bits per heavy atom. The highest BCUT2D eigenvalue weighted by molar-refractivity contribution is 5.82. The maximum atomic E-state index is 14.1. The molecule has 2 amide bonds. The van der Waals surface area contributed by atoms with E-state index in [-0.39, 0.29) is 36.1 Å². The summed E-state index contributed by atoms with van der Waals surface area (Å²) in [6, 6.07) is 14.7. The molecule has 3 heterocycles. The molecule has 7 nitrogen and oxygen atoms in total. The number of nitrogens with one attached hydrogen (secondary N) is 1. The van der Waals surface area contributed by atoms with E-state index >= 15 is 0 Å². The van der Waals surface area contributed by atoms with Crippen molar-refractivity contribution in [1.82, 2.24) is 15.1 Å². The Kier molecular flexibility index (Phi) is 6.78. The predicted octanol–water partition coefficient (Wildman–Crippen LogP) is 1.66. The molecule has 0 spiro atoms. The minimum absolute atomic E-state index is 0.0400. The molecule has 2 aromatic carbocycles. The van der Waals surface area contributed by atoms with E-state index < -0.39 is 0 Å². The third kappa shape index (κ3) is 4.79. The van der Waals surface area contributed by atoms with Crippen LogP contribution in [0, 0.1) is 11.7 Å².